The van der Waals surface area contributed by atoms with Crippen molar-refractivity contribution >= 4 is 6.26 Å². The Hall–Kier alpha value is -1.52. The zero-order chi connectivity index (χ0) is 10.2. The summed E-state index contributed by atoms with van der Waals surface area (Å²) in [4.78, 5) is 3.44. The van der Waals surface area contributed by atoms with E-state index in [1.165, 1.54) is 6.07 Å². The second-order valence-corrected chi connectivity index (χ2v) is 2.84. The molecule has 1 unspecified atom stereocenters. The molecule has 0 amide bonds. The smallest absolute Gasteiger partial charge is 0.447 e. The molecule has 1 aliphatic heterocycles. The Labute approximate surface area is 77.3 Å². The number of halogens is 3. The number of fused-ring (bicyclic) bond motifs is 1. The molecule has 0 bridgehead atoms. The van der Waals surface area contributed by atoms with E-state index < -0.39 is 12.4 Å². The Kier molecular flexibility index (Phi) is 1.94. The molecule has 1 aliphatic rings. The van der Waals surface area contributed by atoms with Crippen LogP contribution in [0.2, 0.25) is 0 Å². The van der Waals surface area contributed by atoms with Gasteiger partial charge in [-0.05, 0) is 12.1 Å². The Morgan fingerprint density at radius 3 is 2.64 bits per heavy atom. The van der Waals surface area contributed by atoms with E-state index in [0.717, 1.165) is 6.26 Å². The number of alkyl halides is 3. The van der Waals surface area contributed by atoms with Crippen LogP contribution >= 0.6 is 0 Å². The zero-order valence-electron chi connectivity index (χ0n) is 6.95. The molecular formula is C9H6F3NO. The van der Waals surface area contributed by atoms with Gasteiger partial charge in [0.15, 0.2) is 0 Å². The molecule has 1 atom stereocenters. The first kappa shape index (κ1) is 9.05. The topological polar surface area (TPSA) is 21.6 Å². The van der Waals surface area contributed by atoms with Gasteiger partial charge in [0.25, 0.3) is 6.23 Å². The molecule has 0 fully saturated rings. The summed E-state index contributed by atoms with van der Waals surface area (Å²) in [6.07, 6.45) is -5.44. The Balaban J connectivity index is 2.49. The maximum absolute atomic E-state index is 12.2. The van der Waals surface area contributed by atoms with Gasteiger partial charge in [-0.3, -0.25) is 0 Å². The number of hydrogen-bond donors (Lipinski definition) is 0. The second kappa shape index (κ2) is 3.01. The van der Waals surface area contributed by atoms with Crippen molar-refractivity contribution in [1.82, 2.24) is 0 Å². The molecule has 0 spiro atoms. The van der Waals surface area contributed by atoms with Crippen LogP contribution in [-0.4, -0.2) is 12.4 Å². The van der Waals surface area contributed by atoms with E-state index in [1.54, 1.807) is 18.2 Å². The van der Waals surface area contributed by atoms with Crippen molar-refractivity contribution in [2.75, 3.05) is 0 Å². The minimum absolute atomic E-state index is 0.307. The highest BCUT2D eigenvalue weighted by Gasteiger charge is 2.41. The van der Waals surface area contributed by atoms with Crippen molar-refractivity contribution in [3.8, 4) is 0 Å². The summed E-state index contributed by atoms with van der Waals surface area (Å²) >= 11 is 0. The maximum atomic E-state index is 12.2. The second-order valence-electron chi connectivity index (χ2n) is 2.84. The third-order valence-electron chi connectivity index (χ3n) is 1.80. The van der Waals surface area contributed by atoms with Crippen molar-refractivity contribution in [1.29, 1.82) is 0 Å². The molecule has 14 heavy (non-hydrogen) atoms. The molecule has 0 saturated carbocycles. The lowest BCUT2D eigenvalue weighted by molar-refractivity contribution is -0.199. The molecule has 1 aromatic rings. The number of para-hydroxylation sites is 1. The fraction of sp³-hybridized carbons (Fsp3) is 0.222. The first-order chi connectivity index (χ1) is 6.57. The average molecular weight is 201 g/mol. The lowest BCUT2D eigenvalue weighted by Gasteiger charge is -2.17. The van der Waals surface area contributed by atoms with Gasteiger partial charge in [-0.15, -0.1) is 0 Å². The van der Waals surface area contributed by atoms with Gasteiger partial charge in [0.05, 0.1) is 11.6 Å². The summed E-state index contributed by atoms with van der Waals surface area (Å²) in [5.74, 6) is 0. The Morgan fingerprint density at radius 2 is 1.93 bits per heavy atom. The van der Waals surface area contributed by atoms with E-state index in [2.05, 4.69) is 9.73 Å². The Bertz CT molecular complexity index is 452. The molecule has 1 aromatic carbocycles. The van der Waals surface area contributed by atoms with Crippen LogP contribution in [0.25, 0.3) is 6.26 Å². The fourth-order valence-electron chi connectivity index (χ4n) is 1.15. The number of benzene rings is 1. The maximum Gasteiger partial charge on any atom is 0.447 e. The van der Waals surface area contributed by atoms with Gasteiger partial charge >= 0.3 is 6.18 Å². The minimum Gasteiger partial charge on any atom is -0.466 e. The number of rotatable bonds is 0. The van der Waals surface area contributed by atoms with Gasteiger partial charge in [0.2, 0.25) is 0 Å². The molecule has 0 aliphatic carbocycles. The van der Waals surface area contributed by atoms with Crippen LogP contribution in [0.3, 0.4) is 0 Å². The largest absolute Gasteiger partial charge is 0.466 e. The van der Waals surface area contributed by atoms with Crippen molar-refractivity contribution in [3.63, 3.8) is 0 Å². The summed E-state index contributed by atoms with van der Waals surface area (Å²) in [6.45, 7) is 0. The highest BCUT2D eigenvalue weighted by molar-refractivity contribution is 5.19. The van der Waals surface area contributed by atoms with Crippen LogP contribution in [0.15, 0.2) is 29.3 Å². The summed E-state index contributed by atoms with van der Waals surface area (Å²) in [6, 6.07) is 6.51. The molecule has 0 aromatic heterocycles. The van der Waals surface area contributed by atoms with Crippen molar-refractivity contribution < 1.29 is 17.9 Å². The Morgan fingerprint density at radius 1 is 1.21 bits per heavy atom. The van der Waals surface area contributed by atoms with Crippen LogP contribution in [0, 0.1) is 0 Å². The van der Waals surface area contributed by atoms with Gasteiger partial charge < -0.3 is 4.74 Å². The minimum atomic E-state index is -4.45. The quantitative estimate of drug-likeness (QED) is 0.612. The van der Waals surface area contributed by atoms with Gasteiger partial charge in [0.1, 0.15) is 0 Å². The molecule has 74 valence electrons. The van der Waals surface area contributed by atoms with E-state index in [0.29, 0.717) is 10.6 Å². The molecule has 2 rings (SSSR count). The highest BCUT2D eigenvalue weighted by Crippen LogP contribution is 2.24. The molecule has 0 saturated heterocycles. The van der Waals surface area contributed by atoms with Gasteiger partial charge in [-0.2, -0.15) is 13.2 Å². The lowest BCUT2D eigenvalue weighted by Crippen LogP contribution is -2.38. The fourth-order valence-corrected chi connectivity index (χ4v) is 1.15. The van der Waals surface area contributed by atoms with Crippen LogP contribution in [0.5, 0.6) is 0 Å². The SMILES string of the molecule is FC(F)(F)C1N=c2ccccc2=CO1. The molecular weight excluding hydrogens is 195 g/mol. The summed E-state index contributed by atoms with van der Waals surface area (Å²) in [5.41, 5.74) is 0. The average Bonchev–Trinajstić information content (AvgIpc) is 2.16. The van der Waals surface area contributed by atoms with Gasteiger partial charge in [-0.25, -0.2) is 4.99 Å². The molecule has 0 N–H and O–H groups in total. The number of ether oxygens (including phenoxy) is 1. The zero-order valence-corrected chi connectivity index (χ0v) is 6.95. The van der Waals surface area contributed by atoms with Gasteiger partial charge in [-0.1, -0.05) is 12.1 Å². The molecule has 1 heterocycles. The normalized spacial score (nSPS) is 20.1. The van der Waals surface area contributed by atoms with Crippen LogP contribution < -0.4 is 10.6 Å². The van der Waals surface area contributed by atoms with Crippen molar-refractivity contribution in [3.05, 3.63) is 34.8 Å². The highest BCUT2D eigenvalue weighted by atomic mass is 19.4. The van der Waals surface area contributed by atoms with Crippen LogP contribution in [-0.2, 0) is 4.74 Å². The molecule has 0 radical (unpaired) electrons. The van der Waals surface area contributed by atoms with Gasteiger partial charge in [0, 0.05) is 5.22 Å². The van der Waals surface area contributed by atoms with Crippen LogP contribution in [0.4, 0.5) is 13.2 Å². The predicted molar refractivity (Wildman–Crippen MR) is 42.6 cm³/mol. The number of nitrogens with zero attached hydrogens (tertiary/aromatic N) is 1. The lowest BCUT2D eigenvalue weighted by atomic mass is 10.3. The standard InChI is InChI=1S/C9H6F3NO/c10-9(11,12)8-13-7-4-2-1-3-6(7)5-14-8/h1-5,8H. The molecule has 5 heteroatoms. The third kappa shape index (κ3) is 1.57. The third-order valence-corrected chi connectivity index (χ3v) is 1.80. The molecule has 2 nitrogen and oxygen atoms in total. The van der Waals surface area contributed by atoms with Crippen molar-refractivity contribution in [2.24, 2.45) is 4.99 Å². The number of hydrogen-bond acceptors (Lipinski definition) is 2. The first-order valence-electron chi connectivity index (χ1n) is 3.92. The van der Waals surface area contributed by atoms with E-state index in [-0.39, 0.29) is 0 Å². The summed E-state index contributed by atoms with van der Waals surface area (Å²) in [7, 11) is 0. The summed E-state index contributed by atoms with van der Waals surface area (Å²) in [5, 5.41) is 0.870. The van der Waals surface area contributed by atoms with Crippen molar-refractivity contribution in [2.45, 2.75) is 12.4 Å². The predicted octanol–water partition coefficient (Wildman–Crippen LogP) is 0.963. The van der Waals surface area contributed by atoms with E-state index in [1.807, 2.05) is 0 Å². The van der Waals surface area contributed by atoms with E-state index in [4.69, 9.17) is 0 Å². The van der Waals surface area contributed by atoms with E-state index in [9.17, 15) is 13.2 Å². The van der Waals surface area contributed by atoms with Crippen LogP contribution in [0.1, 0.15) is 0 Å². The first-order valence-corrected chi connectivity index (χ1v) is 3.92. The summed E-state index contributed by atoms with van der Waals surface area (Å²) < 4.78 is 41.0. The van der Waals surface area contributed by atoms with E-state index >= 15 is 0 Å². The monoisotopic (exact) mass is 201 g/mol.